The molecule has 1 N–H and O–H groups in total. The number of nitrogens with zero attached hydrogens (tertiary/aromatic N) is 1. The van der Waals surface area contributed by atoms with Crippen molar-refractivity contribution in [3.63, 3.8) is 0 Å². The Morgan fingerprint density at radius 2 is 1.94 bits per heavy atom. The molecule has 0 spiro atoms. The topological polar surface area (TPSA) is 24.9 Å². The molecule has 18 heavy (non-hydrogen) atoms. The van der Waals surface area contributed by atoms with E-state index in [1.165, 1.54) is 24.1 Å². The van der Waals surface area contributed by atoms with Gasteiger partial charge in [-0.15, -0.1) is 0 Å². The Morgan fingerprint density at radius 1 is 1.22 bits per heavy atom. The van der Waals surface area contributed by atoms with Gasteiger partial charge in [0.1, 0.15) is 0 Å². The Hall–Kier alpha value is -0.890. The third kappa shape index (κ3) is 4.41. The van der Waals surface area contributed by atoms with Gasteiger partial charge in [-0.05, 0) is 49.8 Å². The lowest BCUT2D eigenvalue weighted by Crippen LogP contribution is -2.22. The molecule has 0 aliphatic carbocycles. The highest BCUT2D eigenvalue weighted by atomic mass is 14.9. The van der Waals surface area contributed by atoms with E-state index >= 15 is 0 Å². The second kappa shape index (κ2) is 7.52. The average molecular weight is 248 g/mol. The predicted molar refractivity (Wildman–Crippen MR) is 78.7 cm³/mol. The van der Waals surface area contributed by atoms with Crippen LogP contribution in [-0.2, 0) is 6.42 Å². The van der Waals surface area contributed by atoms with Crippen molar-refractivity contribution in [2.24, 2.45) is 11.8 Å². The minimum Gasteiger partial charge on any atom is -0.312 e. The van der Waals surface area contributed by atoms with Crippen LogP contribution in [0.25, 0.3) is 0 Å². The van der Waals surface area contributed by atoms with Gasteiger partial charge in [-0.25, -0.2) is 0 Å². The lowest BCUT2D eigenvalue weighted by atomic mass is 9.90. The summed E-state index contributed by atoms with van der Waals surface area (Å²) in [7, 11) is 2.04. The SMILES string of the molecule is CCc1cccnc1C(CC(C)CC(C)C)NC. The molecule has 1 aromatic heterocycles. The number of hydrogen-bond donors (Lipinski definition) is 1. The summed E-state index contributed by atoms with van der Waals surface area (Å²) < 4.78 is 0. The molecular weight excluding hydrogens is 220 g/mol. The predicted octanol–water partition coefficient (Wildman–Crippen LogP) is 3.98. The molecule has 0 radical (unpaired) electrons. The normalized spacial score (nSPS) is 14.8. The van der Waals surface area contributed by atoms with E-state index in [1.807, 2.05) is 19.3 Å². The zero-order valence-corrected chi connectivity index (χ0v) is 12.5. The molecule has 1 heterocycles. The van der Waals surface area contributed by atoms with Gasteiger partial charge in [0.25, 0.3) is 0 Å². The first-order valence-electron chi connectivity index (χ1n) is 7.19. The molecule has 2 atom stereocenters. The third-order valence-electron chi connectivity index (χ3n) is 3.50. The molecular formula is C16H28N2. The van der Waals surface area contributed by atoms with Crippen LogP contribution in [0.2, 0.25) is 0 Å². The molecule has 1 rings (SSSR count). The molecule has 2 unspecified atom stereocenters. The minimum atomic E-state index is 0.384. The second-order valence-electron chi connectivity index (χ2n) is 5.71. The van der Waals surface area contributed by atoms with Gasteiger partial charge in [0, 0.05) is 12.2 Å². The fourth-order valence-electron chi connectivity index (χ4n) is 2.73. The summed E-state index contributed by atoms with van der Waals surface area (Å²) in [6.45, 7) is 9.13. The molecule has 0 aromatic carbocycles. The number of pyridine rings is 1. The first-order valence-corrected chi connectivity index (χ1v) is 7.19. The summed E-state index contributed by atoms with van der Waals surface area (Å²) in [6, 6.07) is 4.61. The first kappa shape index (κ1) is 15.2. The molecule has 0 fully saturated rings. The van der Waals surface area contributed by atoms with Crippen LogP contribution in [0, 0.1) is 11.8 Å². The van der Waals surface area contributed by atoms with Crippen LogP contribution in [0.5, 0.6) is 0 Å². The van der Waals surface area contributed by atoms with Crippen LogP contribution in [0.1, 0.15) is 57.8 Å². The van der Waals surface area contributed by atoms with Crippen molar-refractivity contribution < 1.29 is 0 Å². The number of nitrogens with one attached hydrogen (secondary N) is 1. The van der Waals surface area contributed by atoms with E-state index < -0.39 is 0 Å². The van der Waals surface area contributed by atoms with E-state index in [9.17, 15) is 0 Å². The van der Waals surface area contributed by atoms with Gasteiger partial charge in [0.2, 0.25) is 0 Å². The number of hydrogen-bond acceptors (Lipinski definition) is 2. The highest BCUT2D eigenvalue weighted by Gasteiger charge is 2.17. The van der Waals surface area contributed by atoms with Gasteiger partial charge in [-0.2, -0.15) is 0 Å². The fourth-order valence-corrected chi connectivity index (χ4v) is 2.73. The molecule has 0 aliphatic rings. The second-order valence-corrected chi connectivity index (χ2v) is 5.71. The maximum atomic E-state index is 4.59. The van der Waals surface area contributed by atoms with Crippen molar-refractivity contribution in [3.8, 4) is 0 Å². The highest BCUT2D eigenvalue weighted by molar-refractivity contribution is 5.22. The van der Waals surface area contributed by atoms with E-state index in [4.69, 9.17) is 0 Å². The van der Waals surface area contributed by atoms with Gasteiger partial charge < -0.3 is 5.32 Å². The van der Waals surface area contributed by atoms with Crippen molar-refractivity contribution in [2.45, 2.75) is 53.0 Å². The van der Waals surface area contributed by atoms with E-state index in [2.05, 4.69) is 44.1 Å². The molecule has 102 valence electrons. The van der Waals surface area contributed by atoms with E-state index in [1.54, 1.807) is 0 Å². The zero-order chi connectivity index (χ0) is 13.5. The Kier molecular flexibility index (Phi) is 6.34. The van der Waals surface area contributed by atoms with Gasteiger partial charge in [-0.1, -0.05) is 33.8 Å². The van der Waals surface area contributed by atoms with Crippen LogP contribution >= 0.6 is 0 Å². The molecule has 0 aliphatic heterocycles. The van der Waals surface area contributed by atoms with Crippen molar-refractivity contribution in [1.29, 1.82) is 0 Å². The van der Waals surface area contributed by atoms with E-state index in [-0.39, 0.29) is 0 Å². The van der Waals surface area contributed by atoms with Crippen LogP contribution in [0.3, 0.4) is 0 Å². The van der Waals surface area contributed by atoms with Crippen LogP contribution < -0.4 is 5.32 Å². The van der Waals surface area contributed by atoms with Gasteiger partial charge in [0.05, 0.1) is 5.69 Å². The summed E-state index contributed by atoms with van der Waals surface area (Å²) in [5.74, 6) is 1.50. The van der Waals surface area contributed by atoms with Crippen molar-refractivity contribution in [1.82, 2.24) is 10.3 Å². The summed E-state index contributed by atoms with van der Waals surface area (Å²) in [6.07, 6.45) is 5.41. The molecule has 2 nitrogen and oxygen atoms in total. The van der Waals surface area contributed by atoms with Crippen LogP contribution in [0.15, 0.2) is 18.3 Å². The monoisotopic (exact) mass is 248 g/mol. The van der Waals surface area contributed by atoms with Crippen LogP contribution in [-0.4, -0.2) is 12.0 Å². The smallest absolute Gasteiger partial charge is 0.0604 e. The first-order chi connectivity index (χ1) is 8.58. The standard InChI is InChI=1S/C16H28N2/c1-6-14-8-7-9-18-16(14)15(17-5)11-13(4)10-12(2)3/h7-9,12-13,15,17H,6,10-11H2,1-5H3. The summed E-state index contributed by atoms with van der Waals surface area (Å²) in [5, 5.41) is 3.43. The molecule has 0 saturated carbocycles. The quantitative estimate of drug-likeness (QED) is 0.789. The molecule has 1 aromatic rings. The molecule has 0 saturated heterocycles. The number of rotatable bonds is 7. The lowest BCUT2D eigenvalue weighted by molar-refractivity contribution is 0.362. The van der Waals surface area contributed by atoms with Gasteiger partial charge in [0.15, 0.2) is 0 Å². The largest absolute Gasteiger partial charge is 0.312 e. The summed E-state index contributed by atoms with van der Waals surface area (Å²) in [5.41, 5.74) is 2.60. The lowest BCUT2D eigenvalue weighted by Gasteiger charge is -2.23. The summed E-state index contributed by atoms with van der Waals surface area (Å²) >= 11 is 0. The Morgan fingerprint density at radius 3 is 2.50 bits per heavy atom. The minimum absolute atomic E-state index is 0.384. The van der Waals surface area contributed by atoms with Gasteiger partial charge >= 0.3 is 0 Å². The molecule has 2 heteroatoms. The maximum Gasteiger partial charge on any atom is 0.0604 e. The Balaban J connectivity index is 2.76. The maximum absolute atomic E-state index is 4.59. The fraction of sp³-hybridized carbons (Fsp3) is 0.688. The zero-order valence-electron chi connectivity index (χ0n) is 12.5. The highest BCUT2D eigenvalue weighted by Crippen LogP contribution is 2.26. The molecule has 0 bridgehead atoms. The molecule has 0 amide bonds. The Labute approximate surface area is 112 Å². The number of aromatic nitrogens is 1. The van der Waals surface area contributed by atoms with Gasteiger partial charge in [-0.3, -0.25) is 4.98 Å². The number of aryl methyl sites for hydroxylation is 1. The Bertz CT molecular complexity index is 347. The van der Waals surface area contributed by atoms with E-state index in [0.717, 1.165) is 18.3 Å². The van der Waals surface area contributed by atoms with E-state index in [0.29, 0.717) is 6.04 Å². The van der Waals surface area contributed by atoms with Crippen molar-refractivity contribution in [3.05, 3.63) is 29.6 Å². The van der Waals surface area contributed by atoms with Crippen molar-refractivity contribution in [2.75, 3.05) is 7.05 Å². The third-order valence-corrected chi connectivity index (χ3v) is 3.50. The average Bonchev–Trinajstić information content (AvgIpc) is 2.35. The summed E-state index contributed by atoms with van der Waals surface area (Å²) in [4.78, 5) is 4.59. The van der Waals surface area contributed by atoms with Crippen LogP contribution in [0.4, 0.5) is 0 Å². The van der Waals surface area contributed by atoms with Crippen molar-refractivity contribution >= 4 is 0 Å².